The molecular formula is C16H17ClN2O4S. The lowest BCUT2D eigenvalue weighted by atomic mass is 10.2. The number of hydrogen-bond acceptors (Lipinski definition) is 5. The second-order valence-electron chi connectivity index (χ2n) is 4.83. The number of rotatable bonds is 8. The molecule has 0 spiro atoms. The van der Waals surface area contributed by atoms with Crippen molar-refractivity contribution >= 4 is 34.8 Å². The van der Waals surface area contributed by atoms with E-state index in [0.717, 1.165) is 6.42 Å². The van der Waals surface area contributed by atoms with E-state index in [2.05, 4.69) is 5.32 Å². The number of nitrogens with one attached hydrogen (secondary N) is 1. The third-order valence-corrected chi connectivity index (χ3v) is 4.30. The van der Waals surface area contributed by atoms with Crippen LogP contribution >= 0.6 is 22.9 Å². The Hall–Kier alpha value is -2.25. The maximum atomic E-state index is 12.2. The van der Waals surface area contributed by atoms with Gasteiger partial charge < -0.3 is 20.5 Å². The standard InChI is InChI=1S/C16H17ClN2O4S/c1-22-13-8-10(7-12(17)15(13)23-9-14(18)20)16(21)19-5-4-11-3-2-6-24-11/h2-3,6-8H,4-5,9H2,1H3,(H2,18,20)(H,19,21). The Morgan fingerprint density at radius 3 is 2.79 bits per heavy atom. The van der Waals surface area contributed by atoms with Crippen LogP contribution < -0.4 is 20.5 Å². The van der Waals surface area contributed by atoms with Gasteiger partial charge in [0.15, 0.2) is 18.1 Å². The molecule has 128 valence electrons. The van der Waals surface area contributed by atoms with Gasteiger partial charge in [-0.15, -0.1) is 11.3 Å². The van der Waals surface area contributed by atoms with E-state index in [-0.39, 0.29) is 29.0 Å². The van der Waals surface area contributed by atoms with Gasteiger partial charge in [0.05, 0.1) is 12.1 Å². The summed E-state index contributed by atoms with van der Waals surface area (Å²) in [7, 11) is 1.42. The van der Waals surface area contributed by atoms with Gasteiger partial charge in [-0.1, -0.05) is 17.7 Å². The zero-order valence-electron chi connectivity index (χ0n) is 13.0. The monoisotopic (exact) mass is 368 g/mol. The highest BCUT2D eigenvalue weighted by atomic mass is 35.5. The Morgan fingerprint density at radius 2 is 2.17 bits per heavy atom. The van der Waals surface area contributed by atoms with Crippen molar-refractivity contribution in [3.05, 3.63) is 45.1 Å². The van der Waals surface area contributed by atoms with Crippen LogP contribution in [0.5, 0.6) is 11.5 Å². The Labute approximate surface area is 148 Å². The minimum Gasteiger partial charge on any atom is -0.493 e. The van der Waals surface area contributed by atoms with Crippen molar-refractivity contribution in [3.63, 3.8) is 0 Å². The van der Waals surface area contributed by atoms with Gasteiger partial charge in [-0.05, 0) is 30.0 Å². The predicted octanol–water partition coefficient (Wildman–Crippen LogP) is 2.25. The van der Waals surface area contributed by atoms with Gasteiger partial charge in [0, 0.05) is 17.0 Å². The Morgan fingerprint density at radius 1 is 1.38 bits per heavy atom. The third-order valence-electron chi connectivity index (χ3n) is 3.09. The molecule has 1 heterocycles. The van der Waals surface area contributed by atoms with Crippen LogP contribution in [0.2, 0.25) is 5.02 Å². The van der Waals surface area contributed by atoms with Crippen LogP contribution in [0.3, 0.4) is 0 Å². The first-order chi connectivity index (χ1) is 11.5. The number of thiophene rings is 1. The van der Waals surface area contributed by atoms with E-state index in [1.165, 1.54) is 24.1 Å². The average molecular weight is 369 g/mol. The van der Waals surface area contributed by atoms with Crippen molar-refractivity contribution in [1.82, 2.24) is 5.32 Å². The van der Waals surface area contributed by atoms with Gasteiger partial charge in [-0.25, -0.2) is 0 Å². The molecule has 2 amide bonds. The third kappa shape index (κ3) is 4.87. The number of ether oxygens (including phenoxy) is 2. The summed E-state index contributed by atoms with van der Waals surface area (Å²) in [5, 5.41) is 4.98. The van der Waals surface area contributed by atoms with E-state index < -0.39 is 5.91 Å². The lowest BCUT2D eigenvalue weighted by Crippen LogP contribution is -2.25. The SMILES string of the molecule is COc1cc(C(=O)NCCc2cccs2)cc(Cl)c1OCC(N)=O. The number of halogens is 1. The summed E-state index contributed by atoms with van der Waals surface area (Å²) < 4.78 is 10.4. The number of methoxy groups -OCH3 is 1. The number of carbonyl (C=O) groups is 2. The highest BCUT2D eigenvalue weighted by Gasteiger charge is 2.16. The van der Waals surface area contributed by atoms with E-state index >= 15 is 0 Å². The molecule has 0 bridgehead atoms. The van der Waals surface area contributed by atoms with E-state index in [9.17, 15) is 9.59 Å². The smallest absolute Gasteiger partial charge is 0.255 e. The van der Waals surface area contributed by atoms with Crippen LogP contribution in [0.1, 0.15) is 15.2 Å². The fourth-order valence-corrected chi connectivity index (χ4v) is 2.96. The number of benzene rings is 1. The number of amides is 2. The van der Waals surface area contributed by atoms with Crippen molar-refractivity contribution in [2.24, 2.45) is 5.73 Å². The maximum absolute atomic E-state index is 12.2. The first-order valence-corrected chi connectivity index (χ1v) is 8.36. The highest BCUT2D eigenvalue weighted by molar-refractivity contribution is 7.09. The van der Waals surface area contributed by atoms with E-state index in [4.69, 9.17) is 26.8 Å². The van der Waals surface area contributed by atoms with Crippen molar-refractivity contribution in [2.45, 2.75) is 6.42 Å². The molecule has 0 aliphatic heterocycles. The van der Waals surface area contributed by atoms with Crippen molar-refractivity contribution in [1.29, 1.82) is 0 Å². The second-order valence-corrected chi connectivity index (χ2v) is 6.27. The van der Waals surface area contributed by atoms with Gasteiger partial charge in [0.25, 0.3) is 11.8 Å². The van der Waals surface area contributed by atoms with Crippen LogP contribution in [0.25, 0.3) is 0 Å². The molecule has 0 aliphatic rings. The molecule has 0 radical (unpaired) electrons. The minimum absolute atomic E-state index is 0.166. The topological polar surface area (TPSA) is 90.7 Å². The van der Waals surface area contributed by atoms with E-state index in [1.807, 2.05) is 17.5 Å². The molecule has 2 rings (SSSR count). The van der Waals surface area contributed by atoms with Crippen molar-refractivity contribution in [2.75, 3.05) is 20.3 Å². The lowest BCUT2D eigenvalue weighted by molar-refractivity contribution is -0.119. The lowest BCUT2D eigenvalue weighted by Gasteiger charge is -2.13. The fourth-order valence-electron chi connectivity index (χ4n) is 1.99. The molecule has 0 unspecified atom stereocenters. The molecular weight excluding hydrogens is 352 g/mol. The number of carbonyl (C=O) groups excluding carboxylic acids is 2. The summed E-state index contributed by atoms with van der Waals surface area (Å²) in [6.45, 7) is 0.182. The summed E-state index contributed by atoms with van der Waals surface area (Å²) in [6, 6.07) is 6.95. The largest absolute Gasteiger partial charge is 0.493 e. The molecule has 2 aromatic rings. The van der Waals surface area contributed by atoms with Crippen LogP contribution in [0.4, 0.5) is 0 Å². The summed E-state index contributed by atoms with van der Waals surface area (Å²) in [4.78, 5) is 24.3. The number of hydrogen-bond donors (Lipinski definition) is 2. The minimum atomic E-state index is -0.636. The summed E-state index contributed by atoms with van der Waals surface area (Å²) >= 11 is 7.76. The average Bonchev–Trinajstić information content (AvgIpc) is 3.06. The van der Waals surface area contributed by atoms with Crippen LogP contribution in [0, 0.1) is 0 Å². The molecule has 0 fully saturated rings. The molecule has 6 nitrogen and oxygen atoms in total. The molecule has 3 N–H and O–H groups in total. The molecule has 1 aromatic carbocycles. The molecule has 24 heavy (non-hydrogen) atoms. The maximum Gasteiger partial charge on any atom is 0.255 e. The van der Waals surface area contributed by atoms with Crippen LogP contribution in [0.15, 0.2) is 29.6 Å². The molecule has 0 aliphatic carbocycles. The van der Waals surface area contributed by atoms with Gasteiger partial charge in [0.2, 0.25) is 0 Å². The summed E-state index contributed by atoms with van der Waals surface area (Å²) in [6.07, 6.45) is 0.758. The zero-order valence-corrected chi connectivity index (χ0v) is 14.6. The van der Waals surface area contributed by atoms with Gasteiger partial charge in [0.1, 0.15) is 0 Å². The Bertz CT molecular complexity index is 719. The summed E-state index contributed by atoms with van der Waals surface area (Å²) in [5.74, 6) is -0.475. The Balaban J connectivity index is 2.05. The summed E-state index contributed by atoms with van der Waals surface area (Å²) in [5.41, 5.74) is 5.39. The molecule has 0 saturated heterocycles. The van der Waals surface area contributed by atoms with Gasteiger partial charge >= 0.3 is 0 Å². The molecule has 0 saturated carbocycles. The first-order valence-electron chi connectivity index (χ1n) is 7.10. The van der Waals surface area contributed by atoms with Crippen LogP contribution in [-0.2, 0) is 11.2 Å². The van der Waals surface area contributed by atoms with Gasteiger partial charge in [-0.2, -0.15) is 0 Å². The van der Waals surface area contributed by atoms with Crippen LogP contribution in [-0.4, -0.2) is 32.1 Å². The highest BCUT2D eigenvalue weighted by Crippen LogP contribution is 2.36. The normalized spacial score (nSPS) is 10.2. The zero-order chi connectivity index (χ0) is 17.5. The Kier molecular flexibility index (Phi) is 6.45. The number of primary amides is 1. The fraction of sp³-hybridized carbons (Fsp3) is 0.250. The molecule has 0 atom stereocenters. The first kappa shape index (κ1) is 18.1. The van der Waals surface area contributed by atoms with Gasteiger partial charge in [-0.3, -0.25) is 9.59 Å². The van der Waals surface area contributed by atoms with E-state index in [1.54, 1.807) is 11.3 Å². The van der Waals surface area contributed by atoms with Crippen molar-refractivity contribution < 1.29 is 19.1 Å². The predicted molar refractivity (Wildman–Crippen MR) is 93.0 cm³/mol. The second kappa shape index (κ2) is 8.56. The van der Waals surface area contributed by atoms with E-state index in [0.29, 0.717) is 12.1 Å². The molecule has 1 aromatic heterocycles. The quantitative estimate of drug-likeness (QED) is 0.747. The molecule has 8 heteroatoms. The number of nitrogens with two attached hydrogens (primary N) is 1. The van der Waals surface area contributed by atoms with Crippen molar-refractivity contribution in [3.8, 4) is 11.5 Å².